The first-order chi connectivity index (χ1) is 12.4. The van der Waals surface area contributed by atoms with Crippen LogP contribution in [-0.2, 0) is 11.3 Å². The zero-order valence-corrected chi connectivity index (χ0v) is 15.6. The van der Waals surface area contributed by atoms with Gasteiger partial charge in [0.25, 0.3) is 0 Å². The van der Waals surface area contributed by atoms with E-state index in [1.54, 1.807) is 12.0 Å². The van der Waals surface area contributed by atoms with E-state index < -0.39 is 12.2 Å². The van der Waals surface area contributed by atoms with Crippen molar-refractivity contribution in [2.75, 3.05) is 32.6 Å². The van der Waals surface area contributed by atoms with Gasteiger partial charge in [-0.1, -0.05) is 12.1 Å². The molecule has 1 aliphatic rings. The number of carbonyl (C=O) groups excluding carboxylic acids is 1. The molecule has 0 aromatic heterocycles. The highest BCUT2D eigenvalue weighted by Crippen LogP contribution is 2.22. The lowest BCUT2D eigenvalue weighted by Crippen LogP contribution is -2.45. The molecule has 2 rings (SSSR count). The van der Waals surface area contributed by atoms with Gasteiger partial charge in [-0.2, -0.15) is 0 Å². The Kier molecular flexibility index (Phi) is 7.53. The Morgan fingerprint density at radius 1 is 1.31 bits per heavy atom. The lowest BCUT2D eigenvalue weighted by Gasteiger charge is -2.34. The first-order valence-corrected chi connectivity index (χ1v) is 9.10. The fourth-order valence-corrected chi connectivity index (χ4v) is 3.31. The zero-order valence-electron chi connectivity index (χ0n) is 14.8. The molecule has 1 fully saturated rings. The summed E-state index contributed by atoms with van der Waals surface area (Å²) in [5, 5.41) is 19.6. The summed E-state index contributed by atoms with van der Waals surface area (Å²) in [4.78, 5) is 26.0. The topological polar surface area (TPSA) is 90.3 Å². The minimum atomic E-state index is -0.934. The van der Waals surface area contributed by atoms with E-state index in [0.29, 0.717) is 32.5 Å². The molecule has 144 valence electrons. The Bertz CT molecular complexity index is 602. The number of benzene rings is 1. The quantitative estimate of drug-likeness (QED) is 0.702. The molecule has 1 unspecified atom stereocenters. The number of rotatable bonds is 7. The number of likely N-dealkylation sites (tertiary alicyclic amines) is 1. The van der Waals surface area contributed by atoms with Crippen molar-refractivity contribution >= 4 is 23.6 Å². The molecule has 1 aliphatic heterocycles. The van der Waals surface area contributed by atoms with Crippen LogP contribution >= 0.6 is 11.6 Å². The highest BCUT2D eigenvalue weighted by Gasteiger charge is 2.29. The van der Waals surface area contributed by atoms with Crippen molar-refractivity contribution in [3.8, 4) is 5.75 Å². The lowest BCUT2D eigenvalue weighted by molar-refractivity contribution is -0.131. The number of piperidine rings is 1. The molecule has 2 N–H and O–H groups in total. The van der Waals surface area contributed by atoms with E-state index in [4.69, 9.17) is 21.4 Å². The smallest absolute Gasteiger partial charge is 0.407 e. The number of methoxy groups -OCH3 is 1. The third-order valence-corrected chi connectivity index (χ3v) is 4.99. The second-order valence-electron chi connectivity index (χ2n) is 6.43. The molecule has 26 heavy (non-hydrogen) atoms. The standard InChI is InChI=1S/C18H25ClN2O5/c1-26-15-4-2-13(3-5-15)11-21(17(23)10-19)12-16(22)14-6-8-20(9-7-14)18(24)25/h2-5,14,16,22H,6-12H2,1H3,(H,24,25). The van der Waals surface area contributed by atoms with E-state index in [1.165, 1.54) is 4.90 Å². The Morgan fingerprint density at radius 2 is 1.92 bits per heavy atom. The van der Waals surface area contributed by atoms with Gasteiger partial charge in [-0.25, -0.2) is 4.79 Å². The SMILES string of the molecule is COc1ccc(CN(CC(O)C2CCN(C(=O)O)CC2)C(=O)CCl)cc1. The molecule has 7 nitrogen and oxygen atoms in total. The molecule has 0 spiro atoms. The van der Waals surface area contributed by atoms with Gasteiger partial charge in [-0.15, -0.1) is 11.6 Å². The highest BCUT2D eigenvalue weighted by molar-refractivity contribution is 6.27. The molecule has 1 heterocycles. The number of carbonyl (C=O) groups is 2. The number of hydrogen-bond acceptors (Lipinski definition) is 4. The predicted molar refractivity (Wildman–Crippen MR) is 97.5 cm³/mol. The molecule has 0 radical (unpaired) electrons. The van der Waals surface area contributed by atoms with Crippen LogP contribution in [0.4, 0.5) is 4.79 Å². The van der Waals surface area contributed by atoms with Crippen LogP contribution in [0.5, 0.6) is 5.75 Å². The van der Waals surface area contributed by atoms with E-state index in [-0.39, 0.29) is 24.2 Å². The van der Waals surface area contributed by atoms with Gasteiger partial charge in [0.15, 0.2) is 0 Å². The highest BCUT2D eigenvalue weighted by atomic mass is 35.5. The second kappa shape index (κ2) is 9.64. The van der Waals surface area contributed by atoms with Crippen molar-refractivity contribution in [2.24, 2.45) is 5.92 Å². The van der Waals surface area contributed by atoms with Crippen LogP contribution in [-0.4, -0.2) is 70.7 Å². The maximum atomic E-state index is 12.2. The number of aliphatic hydroxyl groups is 1. The van der Waals surface area contributed by atoms with Crippen LogP contribution in [0.25, 0.3) is 0 Å². The molecular weight excluding hydrogens is 360 g/mol. The van der Waals surface area contributed by atoms with Gasteiger partial charge >= 0.3 is 6.09 Å². The molecule has 1 aromatic rings. The number of hydrogen-bond donors (Lipinski definition) is 2. The summed E-state index contributed by atoms with van der Waals surface area (Å²) in [5.74, 6) is 0.297. The number of aliphatic hydroxyl groups excluding tert-OH is 1. The molecule has 1 aromatic carbocycles. The number of halogens is 1. The number of carboxylic acid groups (broad SMARTS) is 1. The predicted octanol–water partition coefficient (Wildman–Crippen LogP) is 2.01. The lowest BCUT2D eigenvalue weighted by atomic mass is 9.91. The van der Waals surface area contributed by atoms with E-state index in [2.05, 4.69) is 0 Å². The Labute approximate surface area is 158 Å². The van der Waals surface area contributed by atoms with Crippen molar-refractivity contribution in [1.82, 2.24) is 9.80 Å². The summed E-state index contributed by atoms with van der Waals surface area (Å²) >= 11 is 5.72. The maximum Gasteiger partial charge on any atom is 0.407 e. The number of nitrogens with zero attached hydrogens (tertiary/aromatic N) is 2. The van der Waals surface area contributed by atoms with Crippen LogP contribution < -0.4 is 4.74 Å². The van der Waals surface area contributed by atoms with Crippen molar-refractivity contribution in [3.63, 3.8) is 0 Å². The summed E-state index contributed by atoms with van der Waals surface area (Å²) in [6.45, 7) is 1.33. The average molecular weight is 385 g/mol. The van der Waals surface area contributed by atoms with Crippen LogP contribution in [0.1, 0.15) is 18.4 Å². The Hall–Kier alpha value is -1.99. The molecule has 8 heteroatoms. The van der Waals surface area contributed by atoms with Gasteiger partial charge in [0, 0.05) is 26.2 Å². The monoisotopic (exact) mass is 384 g/mol. The van der Waals surface area contributed by atoms with Crippen molar-refractivity contribution in [2.45, 2.75) is 25.5 Å². The third kappa shape index (κ3) is 5.51. The fourth-order valence-electron chi connectivity index (χ4n) is 3.14. The summed E-state index contributed by atoms with van der Waals surface area (Å²) in [5.41, 5.74) is 0.914. The number of ether oxygens (including phenoxy) is 1. The minimum absolute atomic E-state index is 0.0351. The first-order valence-electron chi connectivity index (χ1n) is 8.57. The van der Waals surface area contributed by atoms with Gasteiger partial charge < -0.3 is 24.7 Å². The van der Waals surface area contributed by atoms with Gasteiger partial charge in [0.2, 0.25) is 5.91 Å². The largest absolute Gasteiger partial charge is 0.497 e. The first kappa shape index (κ1) is 20.3. The van der Waals surface area contributed by atoms with E-state index in [9.17, 15) is 14.7 Å². The second-order valence-corrected chi connectivity index (χ2v) is 6.70. The van der Waals surface area contributed by atoms with Gasteiger partial charge in [-0.3, -0.25) is 4.79 Å². The average Bonchev–Trinajstić information content (AvgIpc) is 2.67. The molecule has 0 bridgehead atoms. The molecule has 1 atom stereocenters. The maximum absolute atomic E-state index is 12.2. The molecule has 1 saturated heterocycles. The molecular formula is C18H25ClN2O5. The third-order valence-electron chi connectivity index (χ3n) is 4.76. The Balaban J connectivity index is 1.96. The van der Waals surface area contributed by atoms with Crippen LogP contribution in [0.2, 0.25) is 0 Å². The van der Waals surface area contributed by atoms with Gasteiger partial charge in [-0.05, 0) is 36.5 Å². The zero-order chi connectivity index (χ0) is 19.1. The fraction of sp³-hybridized carbons (Fsp3) is 0.556. The molecule has 0 saturated carbocycles. The van der Waals surface area contributed by atoms with Crippen LogP contribution in [0.3, 0.4) is 0 Å². The Morgan fingerprint density at radius 3 is 2.42 bits per heavy atom. The van der Waals surface area contributed by atoms with Gasteiger partial charge in [0.05, 0.1) is 13.2 Å². The van der Waals surface area contributed by atoms with Crippen LogP contribution in [0, 0.1) is 5.92 Å². The summed E-state index contributed by atoms with van der Waals surface area (Å²) < 4.78 is 5.12. The van der Waals surface area contributed by atoms with Gasteiger partial charge in [0.1, 0.15) is 11.6 Å². The summed E-state index contributed by atoms with van der Waals surface area (Å²) in [6, 6.07) is 7.36. The number of alkyl halides is 1. The molecule has 0 aliphatic carbocycles. The summed E-state index contributed by atoms with van der Waals surface area (Å²) in [7, 11) is 1.59. The number of amides is 2. The van der Waals surface area contributed by atoms with Crippen molar-refractivity contribution < 1.29 is 24.5 Å². The van der Waals surface area contributed by atoms with Crippen molar-refractivity contribution in [3.05, 3.63) is 29.8 Å². The summed E-state index contributed by atoms with van der Waals surface area (Å²) in [6.07, 6.45) is -0.481. The minimum Gasteiger partial charge on any atom is -0.497 e. The molecule has 2 amide bonds. The van der Waals surface area contributed by atoms with E-state index >= 15 is 0 Å². The normalized spacial score (nSPS) is 16.2. The van der Waals surface area contributed by atoms with E-state index in [1.807, 2.05) is 24.3 Å². The van der Waals surface area contributed by atoms with Crippen LogP contribution in [0.15, 0.2) is 24.3 Å². The van der Waals surface area contributed by atoms with Crippen molar-refractivity contribution in [1.29, 1.82) is 0 Å². The van der Waals surface area contributed by atoms with E-state index in [0.717, 1.165) is 11.3 Å².